The first-order chi connectivity index (χ1) is 11.5. The normalized spacial score (nSPS) is 10.1. The van der Waals surface area contributed by atoms with Crippen LogP contribution < -0.4 is 5.32 Å². The molecule has 0 aliphatic rings. The van der Waals surface area contributed by atoms with E-state index in [0.29, 0.717) is 17.0 Å². The van der Waals surface area contributed by atoms with Gasteiger partial charge in [-0.05, 0) is 25.8 Å². The summed E-state index contributed by atoms with van der Waals surface area (Å²) in [6.45, 7) is 9.07. The van der Waals surface area contributed by atoms with Crippen LogP contribution in [0.5, 0.6) is 0 Å². The van der Waals surface area contributed by atoms with Gasteiger partial charge in [0.15, 0.2) is 0 Å². The maximum atomic E-state index is 12.2. The summed E-state index contributed by atoms with van der Waals surface area (Å²) in [7, 11) is 0. The highest BCUT2D eigenvalue weighted by atomic mass is 32.1. The summed E-state index contributed by atoms with van der Waals surface area (Å²) >= 11 is 1.02. The van der Waals surface area contributed by atoms with Crippen LogP contribution in [-0.2, 0) is 14.3 Å². The molecule has 1 rings (SSSR count). The van der Waals surface area contributed by atoms with E-state index in [1.165, 1.54) is 6.08 Å². The van der Waals surface area contributed by atoms with E-state index in [2.05, 4.69) is 11.9 Å². The molecular formula is C17H23NO5S. The minimum atomic E-state index is -0.570. The van der Waals surface area contributed by atoms with Crippen molar-refractivity contribution in [1.82, 2.24) is 0 Å². The Kier molecular flexibility index (Phi) is 8.18. The predicted octanol–water partition coefficient (Wildman–Crippen LogP) is 3.70. The topological polar surface area (TPSA) is 81.7 Å². The minimum absolute atomic E-state index is 0.0725. The molecule has 0 atom stereocenters. The third kappa shape index (κ3) is 5.19. The zero-order chi connectivity index (χ0) is 18.1. The molecule has 132 valence electrons. The van der Waals surface area contributed by atoms with Crippen LogP contribution in [0.25, 0.3) is 0 Å². The highest BCUT2D eigenvalue weighted by molar-refractivity contribution is 7.18. The van der Waals surface area contributed by atoms with E-state index in [1.807, 2.05) is 6.92 Å². The molecule has 0 radical (unpaired) electrons. The molecule has 0 spiro atoms. The summed E-state index contributed by atoms with van der Waals surface area (Å²) < 4.78 is 10.1. The Balaban J connectivity index is 3.14. The van der Waals surface area contributed by atoms with Gasteiger partial charge in [0.25, 0.3) is 0 Å². The number of nitrogens with one attached hydrogen (secondary N) is 1. The SMILES string of the molecule is C=CCOC(=O)c1sc(NC(=O)CCCC)c(C(=O)OCC)c1C. The quantitative estimate of drug-likeness (QED) is 0.541. The molecule has 0 bridgehead atoms. The van der Waals surface area contributed by atoms with E-state index in [0.717, 1.165) is 24.2 Å². The lowest BCUT2D eigenvalue weighted by Crippen LogP contribution is -2.14. The molecule has 0 saturated heterocycles. The maximum absolute atomic E-state index is 12.2. The Morgan fingerprint density at radius 2 is 1.92 bits per heavy atom. The lowest BCUT2D eigenvalue weighted by atomic mass is 10.1. The first kappa shape index (κ1) is 19.9. The van der Waals surface area contributed by atoms with Gasteiger partial charge in [0.05, 0.1) is 12.2 Å². The fourth-order valence-corrected chi connectivity index (χ4v) is 3.08. The molecule has 1 heterocycles. The predicted molar refractivity (Wildman–Crippen MR) is 93.6 cm³/mol. The van der Waals surface area contributed by atoms with Gasteiger partial charge < -0.3 is 14.8 Å². The summed E-state index contributed by atoms with van der Waals surface area (Å²) in [5.41, 5.74) is 0.649. The van der Waals surface area contributed by atoms with Gasteiger partial charge >= 0.3 is 11.9 Å². The molecule has 0 aliphatic carbocycles. The molecule has 6 nitrogen and oxygen atoms in total. The van der Waals surface area contributed by atoms with Gasteiger partial charge in [-0.1, -0.05) is 26.0 Å². The van der Waals surface area contributed by atoms with Gasteiger partial charge in [-0.15, -0.1) is 11.3 Å². The lowest BCUT2D eigenvalue weighted by Gasteiger charge is -2.06. The molecule has 1 aromatic rings. The number of hydrogen-bond donors (Lipinski definition) is 1. The highest BCUT2D eigenvalue weighted by Crippen LogP contribution is 2.34. The second kappa shape index (κ2) is 9.87. The first-order valence-electron chi connectivity index (χ1n) is 7.84. The number of amides is 1. The van der Waals surface area contributed by atoms with E-state index >= 15 is 0 Å². The number of carbonyl (C=O) groups is 3. The number of thiophene rings is 1. The average molecular weight is 353 g/mol. The molecule has 7 heteroatoms. The van der Waals surface area contributed by atoms with Crippen LogP contribution in [0.1, 0.15) is 58.7 Å². The molecule has 1 amide bonds. The summed E-state index contributed by atoms with van der Waals surface area (Å²) in [5.74, 6) is -1.33. The molecule has 1 aromatic heterocycles. The fraction of sp³-hybridized carbons (Fsp3) is 0.471. The number of rotatable bonds is 9. The fourth-order valence-electron chi connectivity index (χ4n) is 1.97. The first-order valence-corrected chi connectivity index (χ1v) is 8.66. The van der Waals surface area contributed by atoms with Crippen LogP contribution in [0.15, 0.2) is 12.7 Å². The summed E-state index contributed by atoms with van der Waals surface area (Å²) in [4.78, 5) is 36.6. The van der Waals surface area contributed by atoms with Crippen molar-refractivity contribution in [2.45, 2.75) is 40.0 Å². The Bertz CT molecular complexity index is 621. The molecule has 0 unspecified atom stereocenters. The number of unbranched alkanes of at least 4 members (excludes halogenated alkanes) is 1. The van der Waals surface area contributed by atoms with Crippen LogP contribution in [0.4, 0.5) is 5.00 Å². The second-order valence-corrected chi connectivity index (χ2v) is 6.04. The zero-order valence-corrected chi connectivity index (χ0v) is 15.1. The number of carbonyl (C=O) groups excluding carboxylic acids is 3. The van der Waals surface area contributed by atoms with Gasteiger partial charge in [0.2, 0.25) is 5.91 Å². The van der Waals surface area contributed by atoms with Crippen LogP contribution in [0.3, 0.4) is 0 Å². The average Bonchev–Trinajstić information content (AvgIpc) is 2.87. The molecule has 0 aromatic carbocycles. The van der Waals surface area contributed by atoms with Crippen LogP contribution in [0, 0.1) is 6.92 Å². The monoisotopic (exact) mass is 353 g/mol. The van der Waals surface area contributed by atoms with Crippen molar-refractivity contribution < 1.29 is 23.9 Å². The molecule has 0 fully saturated rings. The third-order valence-electron chi connectivity index (χ3n) is 3.15. The molecular weight excluding hydrogens is 330 g/mol. The Morgan fingerprint density at radius 3 is 2.50 bits per heavy atom. The number of esters is 2. The number of anilines is 1. The Morgan fingerprint density at radius 1 is 1.21 bits per heavy atom. The van der Waals surface area contributed by atoms with E-state index in [1.54, 1.807) is 13.8 Å². The lowest BCUT2D eigenvalue weighted by molar-refractivity contribution is -0.116. The minimum Gasteiger partial charge on any atom is -0.462 e. The molecule has 1 N–H and O–H groups in total. The van der Waals surface area contributed by atoms with E-state index < -0.39 is 11.9 Å². The van der Waals surface area contributed by atoms with Gasteiger partial charge in [-0.3, -0.25) is 4.79 Å². The third-order valence-corrected chi connectivity index (χ3v) is 4.34. The van der Waals surface area contributed by atoms with Gasteiger partial charge in [0, 0.05) is 6.42 Å². The summed E-state index contributed by atoms with van der Waals surface area (Å²) in [6.07, 6.45) is 3.45. The van der Waals surface area contributed by atoms with Gasteiger partial charge in [0.1, 0.15) is 16.5 Å². The smallest absolute Gasteiger partial charge is 0.348 e. The van der Waals surface area contributed by atoms with E-state index in [9.17, 15) is 14.4 Å². The van der Waals surface area contributed by atoms with Crippen molar-refractivity contribution in [2.24, 2.45) is 0 Å². The van der Waals surface area contributed by atoms with Crippen molar-refractivity contribution in [2.75, 3.05) is 18.5 Å². The highest BCUT2D eigenvalue weighted by Gasteiger charge is 2.27. The van der Waals surface area contributed by atoms with E-state index in [4.69, 9.17) is 9.47 Å². The van der Waals surface area contributed by atoms with Crippen LogP contribution in [0.2, 0.25) is 0 Å². The summed E-state index contributed by atoms with van der Waals surface area (Å²) in [6, 6.07) is 0. The van der Waals surface area contributed by atoms with Crippen molar-refractivity contribution >= 4 is 34.2 Å². The van der Waals surface area contributed by atoms with Crippen molar-refractivity contribution in [3.8, 4) is 0 Å². The number of hydrogen-bond acceptors (Lipinski definition) is 6. The standard InChI is InChI=1S/C17H23NO5S/c1-5-8-9-12(19)18-15-13(16(20)22-7-3)11(4)14(24-15)17(21)23-10-6-2/h6H,2,5,7-10H2,1,3-4H3,(H,18,19). The molecule has 24 heavy (non-hydrogen) atoms. The van der Waals surface area contributed by atoms with Crippen molar-refractivity contribution in [3.05, 3.63) is 28.7 Å². The second-order valence-electron chi connectivity index (χ2n) is 5.02. The summed E-state index contributed by atoms with van der Waals surface area (Å²) in [5, 5.41) is 3.02. The van der Waals surface area contributed by atoms with E-state index in [-0.39, 0.29) is 29.6 Å². The maximum Gasteiger partial charge on any atom is 0.348 e. The van der Waals surface area contributed by atoms with Crippen molar-refractivity contribution in [3.63, 3.8) is 0 Å². The van der Waals surface area contributed by atoms with Crippen molar-refractivity contribution in [1.29, 1.82) is 0 Å². The van der Waals surface area contributed by atoms with Crippen LogP contribution >= 0.6 is 11.3 Å². The van der Waals surface area contributed by atoms with Gasteiger partial charge in [-0.25, -0.2) is 9.59 Å². The zero-order valence-electron chi connectivity index (χ0n) is 14.3. The van der Waals surface area contributed by atoms with Crippen LogP contribution in [-0.4, -0.2) is 31.1 Å². The molecule has 0 saturated carbocycles. The Labute approximate surface area is 145 Å². The Hall–Kier alpha value is -2.15. The molecule has 0 aliphatic heterocycles. The number of ether oxygens (including phenoxy) is 2. The largest absolute Gasteiger partial charge is 0.462 e. The van der Waals surface area contributed by atoms with Gasteiger partial charge in [-0.2, -0.15) is 0 Å².